The average molecular weight is 370 g/mol. The molecule has 2 unspecified atom stereocenters. The van der Waals surface area contributed by atoms with E-state index in [1.807, 2.05) is 48.3 Å². The molecule has 2 aromatic rings. The standard InChI is InChI=1S/C22H27FN2O2/c1-16(17-8-10-18(27-3)11-9-17)14-22(26)25-13-12-24(2)21(15-25)19-6-4-5-7-20(19)23/h4-11,16,21H,12-15H2,1-3H3. The highest BCUT2D eigenvalue weighted by Gasteiger charge is 2.30. The summed E-state index contributed by atoms with van der Waals surface area (Å²) in [4.78, 5) is 16.9. The highest BCUT2D eigenvalue weighted by Crippen LogP contribution is 2.28. The van der Waals surface area contributed by atoms with E-state index in [9.17, 15) is 9.18 Å². The lowest BCUT2D eigenvalue weighted by atomic mass is 9.96. The number of nitrogens with zero attached hydrogens (tertiary/aromatic N) is 2. The predicted molar refractivity (Wildman–Crippen MR) is 104 cm³/mol. The van der Waals surface area contributed by atoms with E-state index in [1.54, 1.807) is 13.2 Å². The SMILES string of the molecule is COc1ccc(C(C)CC(=O)N2CCN(C)C(c3ccccc3F)C2)cc1. The number of piperazine rings is 1. The number of ether oxygens (including phenoxy) is 1. The third-order valence-corrected chi connectivity index (χ3v) is 5.43. The molecular formula is C22H27FN2O2. The van der Waals surface area contributed by atoms with Crippen LogP contribution in [0.15, 0.2) is 48.5 Å². The highest BCUT2D eigenvalue weighted by atomic mass is 19.1. The zero-order valence-electron chi connectivity index (χ0n) is 16.2. The first-order valence-corrected chi connectivity index (χ1v) is 9.36. The van der Waals surface area contributed by atoms with Crippen LogP contribution in [0.5, 0.6) is 5.75 Å². The topological polar surface area (TPSA) is 32.8 Å². The zero-order chi connectivity index (χ0) is 19.4. The van der Waals surface area contributed by atoms with Crippen LogP contribution in [0.1, 0.15) is 36.4 Å². The summed E-state index contributed by atoms with van der Waals surface area (Å²) in [5, 5.41) is 0. The second kappa shape index (κ2) is 8.53. The van der Waals surface area contributed by atoms with Crippen molar-refractivity contribution in [1.82, 2.24) is 9.80 Å². The molecule has 0 radical (unpaired) electrons. The number of amides is 1. The van der Waals surface area contributed by atoms with Gasteiger partial charge in [-0.3, -0.25) is 9.69 Å². The van der Waals surface area contributed by atoms with E-state index < -0.39 is 0 Å². The fourth-order valence-electron chi connectivity index (χ4n) is 3.62. The molecule has 1 amide bonds. The van der Waals surface area contributed by atoms with Gasteiger partial charge in [0.1, 0.15) is 11.6 Å². The Morgan fingerprint density at radius 2 is 1.89 bits per heavy atom. The van der Waals surface area contributed by atoms with E-state index >= 15 is 0 Å². The van der Waals surface area contributed by atoms with Crippen molar-refractivity contribution in [3.05, 3.63) is 65.5 Å². The molecule has 5 heteroatoms. The first-order chi connectivity index (χ1) is 13.0. The number of carbonyl (C=O) groups is 1. The molecule has 1 fully saturated rings. The highest BCUT2D eigenvalue weighted by molar-refractivity contribution is 5.77. The van der Waals surface area contributed by atoms with Gasteiger partial charge in [-0.25, -0.2) is 4.39 Å². The molecule has 1 saturated heterocycles. The Kier molecular flexibility index (Phi) is 6.11. The number of halogens is 1. The van der Waals surface area contributed by atoms with E-state index in [-0.39, 0.29) is 23.7 Å². The molecule has 0 spiro atoms. The normalized spacial score (nSPS) is 19.0. The molecule has 1 heterocycles. The van der Waals surface area contributed by atoms with Crippen molar-refractivity contribution in [3.8, 4) is 5.75 Å². The number of hydrogen-bond donors (Lipinski definition) is 0. The molecule has 2 atom stereocenters. The van der Waals surface area contributed by atoms with Crippen LogP contribution in [0.25, 0.3) is 0 Å². The molecule has 0 bridgehead atoms. The van der Waals surface area contributed by atoms with Gasteiger partial charge in [-0.05, 0) is 36.7 Å². The van der Waals surface area contributed by atoms with E-state index in [2.05, 4.69) is 11.8 Å². The van der Waals surface area contributed by atoms with E-state index in [0.29, 0.717) is 25.1 Å². The number of hydrogen-bond acceptors (Lipinski definition) is 3. The van der Waals surface area contributed by atoms with Gasteiger partial charge in [0.2, 0.25) is 5.91 Å². The minimum atomic E-state index is -0.213. The molecule has 3 rings (SSSR count). The summed E-state index contributed by atoms with van der Waals surface area (Å²) in [5.74, 6) is 0.835. The van der Waals surface area contributed by atoms with E-state index in [1.165, 1.54) is 6.07 Å². The Balaban J connectivity index is 1.66. The van der Waals surface area contributed by atoms with Crippen molar-refractivity contribution in [3.63, 3.8) is 0 Å². The molecule has 1 aliphatic rings. The summed E-state index contributed by atoms with van der Waals surface area (Å²) in [7, 11) is 3.63. The molecular weight excluding hydrogens is 343 g/mol. The molecule has 0 aliphatic carbocycles. The maximum absolute atomic E-state index is 14.2. The number of carbonyl (C=O) groups excluding carboxylic acids is 1. The molecule has 4 nitrogen and oxygen atoms in total. The van der Waals surface area contributed by atoms with Crippen molar-refractivity contribution in [2.45, 2.75) is 25.3 Å². The first kappa shape index (κ1) is 19.4. The van der Waals surface area contributed by atoms with Crippen LogP contribution in [0.4, 0.5) is 4.39 Å². The predicted octanol–water partition coefficient (Wildman–Crippen LogP) is 3.84. The Morgan fingerprint density at radius 3 is 2.56 bits per heavy atom. The summed E-state index contributed by atoms with van der Waals surface area (Å²) in [6.45, 7) is 3.99. The van der Waals surface area contributed by atoms with E-state index in [0.717, 1.165) is 17.9 Å². The van der Waals surface area contributed by atoms with Crippen LogP contribution < -0.4 is 4.74 Å². The zero-order valence-corrected chi connectivity index (χ0v) is 16.2. The Hall–Kier alpha value is -2.40. The summed E-state index contributed by atoms with van der Waals surface area (Å²) < 4.78 is 19.4. The molecule has 27 heavy (non-hydrogen) atoms. The maximum atomic E-state index is 14.2. The van der Waals surface area contributed by atoms with Crippen LogP contribution in [-0.4, -0.2) is 49.5 Å². The number of benzene rings is 2. The molecule has 2 aromatic carbocycles. The van der Waals surface area contributed by atoms with Crippen LogP contribution in [0, 0.1) is 5.82 Å². The molecule has 144 valence electrons. The van der Waals surface area contributed by atoms with Crippen molar-refractivity contribution in [1.29, 1.82) is 0 Å². The number of rotatable bonds is 5. The lowest BCUT2D eigenvalue weighted by Gasteiger charge is -2.40. The summed E-state index contributed by atoms with van der Waals surface area (Å²) in [5.41, 5.74) is 1.77. The molecule has 0 aromatic heterocycles. The van der Waals surface area contributed by atoms with Crippen LogP contribution in [-0.2, 0) is 4.79 Å². The Morgan fingerprint density at radius 1 is 1.19 bits per heavy atom. The Bertz CT molecular complexity index is 778. The maximum Gasteiger partial charge on any atom is 0.223 e. The lowest BCUT2D eigenvalue weighted by Crippen LogP contribution is -2.49. The average Bonchev–Trinajstić information content (AvgIpc) is 2.69. The fourth-order valence-corrected chi connectivity index (χ4v) is 3.62. The largest absolute Gasteiger partial charge is 0.497 e. The van der Waals surface area contributed by atoms with Gasteiger partial charge in [0, 0.05) is 31.6 Å². The molecule has 0 saturated carbocycles. The van der Waals surface area contributed by atoms with Crippen molar-refractivity contribution in [2.75, 3.05) is 33.8 Å². The lowest BCUT2D eigenvalue weighted by molar-refractivity contribution is -0.134. The second-order valence-electron chi connectivity index (χ2n) is 7.24. The van der Waals surface area contributed by atoms with E-state index in [4.69, 9.17) is 4.74 Å². The van der Waals surface area contributed by atoms with Crippen LogP contribution in [0.3, 0.4) is 0 Å². The van der Waals surface area contributed by atoms with Gasteiger partial charge < -0.3 is 9.64 Å². The second-order valence-corrected chi connectivity index (χ2v) is 7.24. The molecule has 1 aliphatic heterocycles. The monoisotopic (exact) mass is 370 g/mol. The van der Waals surface area contributed by atoms with Gasteiger partial charge >= 0.3 is 0 Å². The Labute approximate surface area is 160 Å². The van der Waals surface area contributed by atoms with Gasteiger partial charge in [0.25, 0.3) is 0 Å². The van der Waals surface area contributed by atoms with Gasteiger partial charge in [-0.1, -0.05) is 37.3 Å². The first-order valence-electron chi connectivity index (χ1n) is 9.36. The minimum absolute atomic E-state index is 0.111. The van der Waals surface area contributed by atoms with Crippen LogP contribution in [0.2, 0.25) is 0 Å². The van der Waals surface area contributed by atoms with Gasteiger partial charge in [0.15, 0.2) is 0 Å². The van der Waals surface area contributed by atoms with Crippen LogP contribution >= 0.6 is 0 Å². The van der Waals surface area contributed by atoms with Crippen molar-refractivity contribution < 1.29 is 13.9 Å². The van der Waals surface area contributed by atoms with Crippen molar-refractivity contribution in [2.24, 2.45) is 0 Å². The smallest absolute Gasteiger partial charge is 0.223 e. The summed E-state index contributed by atoms with van der Waals surface area (Å²) in [6.07, 6.45) is 0.444. The number of methoxy groups -OCH3 is 1. The van der Waals surface area contributed by atoms with Gasteiger partial charge in [0.05, 0.1) is 13.2 Å². The summed E-state index contributed by atoms with van der Waals surface area (Å²) in [6, 6.07) is 14.6. The number of likely N-dealkylation sites (N-methyl/N-ethyl adjacent to an activating group) is 1. The summed E-state index contributed by atoms with van der Waals surface area (Å²) >= 11 is 0. The minimum Gasteiger partial charge on any atom is -0.497 e. The quantitative estimate of drug-likeness (QED) is 0.802. The third kappa shape index (κ3) is 4.48. The van der Waals surface area contributed by atoms with Crippen molar-refractivity contribution >= 4 is 5.91 Å². The fraction of sp³-hybridized carbons (Fsp3) is 0.409. The molecule has 0 N–H and O–H groups in total. The van der Waals surface area contributed by atoms with Gasteiger partial charge in [-0.15, -0.1) is 0 Å². The third-order valence-electron chi connectivity index (χ3n) is 5.43. The van der Waals surface area contributed by atoms with Gasteiger partial charge in [-0.2, -0.15) is 0 Å².